The third-order valence-electron chi connectivity index (χ3n) is 3.06. The molecule has 0 amide bonds. The molecule has 112 valence electrons. The van der Waals surface area contributed by atoms with Crippen LogP contribution in [-0.2, 0) is 6.54 Å². The summed E-state index contributed by atoms with van der Waals surface area (Å²) in [6, 6.07) is 4.75. The first-order chi connectivity index (χ1) is 9.35. The molecule has 1 aromatic carbocycles. The molecule has 0 bridgehead atoms. The van der Waals surface area contributed by atoms with E-state index in [-0.39, 0.29) is 18.9 Å². The lowest BCUT2D eigenvalue weighted by Gasteiger charge is -2.35. The molecule has 1 N–H and O–H groups in total. The van der Waals surface area contributed by atoms with Crippen LogP contribution in [0, 0.1) is 0 Å². The summed E-state index contributed by atoms with van der Waals surface area (Å²) in [6.45, 7) is -0.380. The average Bonchev–Trinajstić information content (AvgIpc) is 2.32. The van der Waals surface area contributed by atoms with E-state index in [0.717, 1.165) is 4.47 Å². The molecule has 0 saturated heterocycles. The second-order valence-corrected chi connectivity index (χ2v) is 5.71. The van der Waals surface area contributed by atoms with Gasteiger partial charge in [-0.1, -0.05) is 15.9 Å². The fraction of sp³-hybridized carbons (Fsp3) is 0.538. The van der Waals surface area contributed by atoms with Crippen molar-refractivity contribution < 1.29 is 22.3 Å². The minimum Gasteiger partial charge on any atom is -0.487 e. The normalized spacial score (nSPS) is 18.1. The van der Waals surface area contributed by atoms with Crippen molar-refractivity contribution in [1.82, 2.24) is 5.32 Å². The van der Waals surface area contributed by atoms with Gasteiger partial charge < -0.3 is 10.1 Å². The molecule has 1 aromatic rings. The van der Waals surface area contributed by atoms with Crippen LogP contribution < -0.4 is 10.1 Å². The van der Waals surface area contributed by atoms with E-state index in [4.69, 9.17) is 4.74 Å². The number of halogens is 5. The van der Waals surface area contributed by atoms with Crippen LogP contribution >= 0.6 is 15.9 Å². The molecule has 0 radical (unpaired) electrons. The van der Waals surface area contributed by atoms with Crippen LogP contribution in [0.2, 0.25) is 0 Å². The van der Waals surface area contributed by atoms with Crippen LogP contribution in [0.5, 0.6) is 5.75 Å². The monoisotopic (exact) mass is 355 g/mol. The Hall–Kier alpha value is -0.820. The fourth-order valence-electron chi connectivity index (χ4n) is 2.04. The van der Waals surface area contributed by atoms with Gasteiger partial charge in [-0.05, 0) is 18.2 Å². The summed E-state index contributed by atoms with van der Waals surface area (Å²) in [7, 11) is 0. The largest absolute Gasteiger partial charge is 0.487 e. The van der Waals surface area contributed by atoms with E-state index in [1.165, 1.54) is 0 Å². The Balaban J connectivity index is 1.93. The maximum atomic E-state index is 12.7. The van der Waals surface area contributed by atoms with Crippen LogP contribution in [0.4, 0.5) is 17.6 Å². The predicted molar refractivity (Wildman–Crippen MR) is 70.4 cm³/mol. The maximum absolute atomic E-state index is 12.7. The van der Waals surface area contributed by atoms with Crippen molar-refractivity contribution in [2.75, 3.05) is 6.61 Å². The Kier molecular flexibility index (Phi) is 4.90. The van der Waals surface area contributed by atoms with Gasteiger partial charge in [-0.3, -0.25) is 0 Å². The van der Waals surface area contributed by atoms with Gasteiger partial charge in [0.05, 0.1) is 0 Å². The van der Waals surface area contributed by atoms with E-state index in [1.54, 1.807) is 18.2 Å². The Bertz CT molecular complexity index is 462. The minimum atomic E-state index is -2.58. The lowest BCUT2D eigenvalue weighted by Crippen LogP contribution is -2.48. The van der Waals surface area contributed by atoms with Gasteiger partial charge in [-0.15, -0.1) is 0 Å². The smallest absolute Gasteiger partial charge is 0.272 e. The van der Waals surface area contributed by atoms with Gasteiger partial charge in [0.2, 0.25) is 0 Å². The number of nitrogens with one attached hydrogen (secondary N) is 1. The molecular weight excluding hydrogens is 342 g/mol. The molecule has 0 aromatic heterocycles. The summed E-state index contributed by atoms with van der Waals surface area (Å²) >= 11 is 3.28. The van der Waals surface area contributed by atoms with E-state index < -0.39 is 19.0 Å². The fourth-order valence-corrected chi connectivity index (χ4v) is 2.45. The van der Waals surface area contributed by atoms with Crippen LogP contribution in [0.25, 0.3) is 0 Å². The van der Waals surface area contributed by atoms with Crippen molar-refractivity contribution >= 4 is 15.9 Å². The molecule has 1 aliphatic carbocycles. The van der Waals surface area contributed by atoms with Crippen molar-refractivity contribution in [2.24, 2.45) is 0 Å². The summed E-state index contributed by atoms with van der Waals surface area (Å²) in [4.78, 5) is 0. The number of hydrogen-bond donors (Lipinski definition) is 1. The molecule has 0 aliphatic heterocycles. The lowest BCUT2D eigenvalue weighted by molar-refractivity contribution is -0.0930. The molecule has 0 heterocycles. The SMILES string of the molecule is FC(F)COc1ccc(Br)cc1CNC1CC(F)(F)C1. The molecule has 2 nitrogen and oxygen atoms in total. The first-order valence-corrected chi connectivity index (χ1v) is 6.95. The van der Waals surface area contributed by atoms with Gasteiger partial charge in [-0.2, -0.15) is 0 Å². The second kappa shape index (κ2) is 6.30. The number of hydrogen-bond acceptors (Lipinski definition) is 2. The lowest BCUT2D eigenvalue weighted by atomic mass is 9.88. The highest BCUT2D eigenvalue weighted by Crippen LogP contribution is 2.37. The third-order valence-corrected chi connectivity index (χ3v) is 3.55. The molecule has 0 atom stereocenters. The highest BCUT2D eigenvalue weighted by atomic mass is 79.9. The molecule has 1 fully saturated rings. The van der Waals surface area contributed by atoms with Crippen molar-refractivity contribution in [2.45, 2.75) is 37.8 Å². The third kappa shape index (κ3) is 4.34. The number of benzene rings is 1. The number of rotatable bonds is 6. The van der Waals surface area contributed by atoms with Crippen molar-refractivity contribution in [3.63, 3.8) is 0 Å². The quantitative estimate of drug-likeness (QED) is 0.779. The Morgan fingerprint density at radius 2 is 2.05 bits per heavy atom. The molecule has 0 unspecified atom stereocenters. The molecule has 2 rings (SSSR count). The molecule has 7 heteroatoms. The molecule has 20 heavy (non-hydrogen) atoms. The average molecular weight is 356 g/mol. The summed E-state index contributed by atoms with van der Waals surface area (Å²) in [6.07, 6.45) is -2.92. The first-order valence-electron chi connectivity index (χ1n) is 6.16. The molecule has 1 aliphatic rings. The zero-order valence-electron chi connectivity index (χ0n) is 10.5. The predicted octanol–water partition coefficient (Wildman–Crippen LogP) is 3.98. The Morgan fingerprint density at radius 3 is 2.65 bits per heavy atom. The van der Waals surface area contributed by atoms with E-state index in [1.807, 2.05) is 0 Å². The van der Waals surface area contributed by atoms with Gasteiger partial charge in [0, 0.05) is 35.5 Å². The zero-order valence-corrected chi connectivity index (χ0v) is 12.1. The van der Waals surface area contributed by atoms with Crippen LogP contribution in [0.1, 0.15) is 18.4 Å². The van der Waals surface area contributed by atoms with Crippen molar-refractivity contribution in [3.05, 3.63) is 28.2 Å². The van der Waals surface area contributed by atoms with Gasteiger partial charge in [0.15, 0.2) is 0 Å². The van der Waals surface area contributed by atoms with Crippen LogP contribution in [0.15, 0.2) is 22.7 Å². The zero-order chi connectivity index (χ0) is 14.8. The van der Waals surface area contributed by atoms with Gasteiger partial charge >= 0.3 is 0 Å². The topological polar surface area (TPSA) is 21.3 Å². The van der Waals surface area contributed by atoms with Gasteiger partial charge in [0.25, 0.3) is 12.3 Å². The standard InChI is InChI=1S/C13H14BrF4NO/c14-9-1-2-11(20-7-12(15)16)8(3-9)6-19-10-4-13(17,18)5-10/h1-3,10,12,19H,4-7H2. The van der Waals surface area contributed by atoms with Crippen molar-refractivity contribution in [1.29, 1.82) is 0 Å². The highest BCUT2D eigenvalue weighted by molar-refractivity contribution is 9.10. The molecule has 1 saturated carbocycles. The number of ether oxygens (including phenoxy) is 1. The van der Waals surface area contributed by atoms with Gasteiger partial charge in [0.1, 0.15) is 12.4 Å². The van der Waals surface area contributed by atoms with Crippen LogP contribution in [-0.4, -0.2) is 25.0 Å². The summed E-state index contributed by atoms with van der Waals surface area (Å²) in [5, 5.41) is 2.98. The van der Waals surface area contributed by atoms with Crippen molar-refractivity contribution in [3.8, 4) is 5.75 Å². The molecule has 0 spiro atoms. The van der Waals surface area contributed by atoms with E-state index in [9.17, 15) is 17.6 Å². The van der Waals surface area contributed by atoms with E-state index >= 15 is 0 Å². The van der Waals surface area contributed by atoms with Gasteiger partial charge in [-0.25, -0.2) is 17.6 Å². The maximum Gasteiger partial charge on any atom is 0.272 e. The Labute approximate surface area is 122 Å². The molecular formula is C13H14BrF4NO. The summed E-state index contributed by atoms with van der Waals surface area (Å²) in [5.74, 6) is -2.24. The Morgan fingerprint density at radius 1 is 1.35 bits per heavy atom. The second-order valence-electron chi connectivity index (χ2n) is 4.80. The van der Waals surface area contributed by atoms with Crippen LogP contribution in [0.3, 0.4) is 0 Å². The first kappa shape index (κ1) is 15.6. The summed E-state index contributed by atoms with van der Waals surface area (Å²) in [5.41, 5.74) is 0.662. The van der Waals surface area contributed by atoms with E-state index in [2.05, 4.69) is 21.2 Å². The highest BCUT2D eigenvalue weighted by Gasteiger charge is 2.44. The van der Waals surface area contributed by atoms with E-state index in [0.29, 0.717) is 17.9 Å². The summed E-state index contributed by atoms with van der Waals surface area (Å²) < 4.78 is 55.5. The minimum absolute atomic E-state index is 0.186. The number of alkyl halides is 4.